The molecule has 7 nitrogen and oxygen atoms in total. The molecule has 1 atom stereocenters. The SMILES string of the molecule is O=C(O)C1CCN(C(=O)c2ccc3nncn3c2)C1. The lowest BCUT2D eigenvalue weighted by Crippen LogP contribution is -2.30. The maximum absolute atomic E-state index is 12.3. The normalized spacial score (nSPS) is 18.9. The minimum atomic E-state index is -0.843. The fraction of sp³-hybridized carbons (Fsp3) is 0.333. The lowest BCUT2D eigenvalue weighted by molar-refractivity contribution is -0.141. The van der Waals surface area contributed by atoms with E-state index in [2.05, 4.69) is 10.2 Å². The minimum Gasteiger partial charge on any atom is -0.481 e. The van der Waals surface area contributed by atoms with Crippen LogP contribution in [0.4, 0.5) is 0 Å². The summed E-state index contributed by atoms with van der Waals surface area (Å²) in [6, 6.07) is 3.39. The molecule has 98 valence electrons. The fourth-order valence-corrected chi connectivity index (χ4v) is 2.28. The van der Waals surface area contributed by atoms with E-state index in [-0.39, 0.29) is 12.5 Å². The number of rotatable bonds is 2. The van der Waals surface area contributed by atoms with Crippen molar-refractivity contribution in [3.05, 3.63) is 30.2 Å². The van der Waals surface area contributed by atoms with E-state index >= 15 is 0 Å². The molecule has 0 aromatic carbocycles. The number of fused-ring (bicyclic) bond motifs is 1. The number of hydrogen-bond donors (Lipinski definition) is 1. The predicted molar refractivity (Wildman–Crippen MR) is 64.6 cm³/mol. The third-order valence-electron chi connectivity index (χ3n) is 3.36. The number of likely N-dealkylation sites (tertiary alicyclic amines) is 1. The molecule has 19 heavy (non-hydrogen) atoms. The second kappa shape index (κ2) is 4.34. The van der Waals surface area contributed by atoms with Crippen molar-refractivity contribution in [2.75, 3.05) is 13.1 Å². The van der Waals surface area contributed by atoms with E-state index in [0.717, 1.165) is 0 Å². The van der Waals surface area contributed by atoms with Crippen molar-refractivity contribution in [1.29, 1.82) is 0 Å². The first-order valence-electron chi connectivity index (χ1n) is 5.96. The van der Waals surface area contributed by atoms with Gasteiger partial charge in [-0.1, -0.05) is 0 Å². The van der Waals surface area contributed by atoms with Gasteiger partial charge in [-0.05, 0) is 18.6 Å². The van der Waals surface area contributed by atoms with Crippen LogP contribution in [0.2, 0.25) is 0 Å². The molecule has 2 aromatic rings. The van der Waals surface area contributed by atoms with Crippen molar-refractivity contribution >= 4 is 17.5 Å². The molecule has 0 saturated carbocycles. The van der Waals surface area contributed by atoms with Crippen LogP contribution in [0, 0.1) is 5.92 Å². The second-order valence-corrected chi connectivity index (χ2v) is 4.59. The summed E-state index contributed by atoms with van der Waals surface area (Å²) in [6.45, 7) is 0.754. The van der Waals surface area contributed by atoms with Gasteiger partial charge in [-0.15, -0.1) is 10.2 Å². The van der Waals surface area contributed by atoms with Gasteiger partial charge in [0.2, 0.25) is 0 Å². The maximum atomic E-state index is 12.3. The van der Waals surface area contributed by atoms with E-state index in [9.17, 15) is 9.59 Å². The van der Waals surface area contributed by atoms with E-state index in [1.165, 1.54) is 6.33 Å². The van der Waals surface area contributed by atoms with Gasteiger partial charge in [0.05, 0.1) is 11.5 Å². The van der Waals surface area contributed by atoms with E-state index < -0.39 is 11.9 Å². The smallest absolute Gasteiger partial charge is 0.308 e. The Bertz CT molecular complexity index is 651. The molecule has 1 amide bonds. The Labute approximate surface area is 108 Å². The van der Waals surface area contributed by atoms with Gasteiger partial charge in [-0.25, -0.2) is 0 Å². The number of carbonyl (C=O) groups excluding carboxylic acids is 1. The maximum Gasteiger partial charge on any atom is 0.308 e. The summed E-state index contributed by atoms with van der Waals surface area (Å²) in [6.07, 6.45) is 3.69. The molecule has 1 unspecified atom stereocenters. The van der Waals surface area contributed by atoms with Crippen molar-refractivity contribution in [2.24, 2.45) is 5.92 Å². The predicted octanol–water partition coefficient (Wildman–Crippen LogP) is 0.276. The molecule has 1 N–H and O–H groups in total. The molecule has 1 saturated heterocycles. The number of carboxylic acids is 1. The van der Waals surface area contributed by atoms with E-state index in [4.69, 9.17) is 5.11 Å². The van der Waals surface area contributed by atoms with Gasteiger partial charge in [-0.2, -0.15) is 0 Å². The quantitative estimate of drug-likeness (QED) is 0.837. The molecule has 1 fully saturated rings. The van der Waals surface area contributed by atoms with Gasteiger partial charge in [0.25, 0.3) is 5.91 Å². The molecule has 3 heterocycles. The number of aliphatic carboxylic acids is 1. The Morgan fingerprint density at radius 3 is 2.95 bits per heavy atom. The highest BCUT2D eigenvalue weighted by atomic mass is 16.4. The first-order chi connectivity index (χ1) is 9.15. The molecule has 1 aliphatic heterocycles. The van der Waals surface area contributed by atoms with Crippen LogP contribution in [-0.4, -0.2) is 49.6 Å². The topological polar surface area (TPSA) is 87.8 Å². The number of hydrogen-bond acceptors (Lipinski definition) is 4. The van der Waals surface area contributed by atoms with E-state index in [0.29, 0.717) is 24.2 Å². The van der Waals surface area contributed by atoms with E-state index in [1.807, 2.05) is 0 Å². The average molecular weight is 260 g/mol. The lowest BCUT2D eigenvalue weighted by atomic mass is 10.1. The molecule has 1 aliphatic rings. The summed E-state index contributed by atoms with van der Waals surface area (Å²) in [5.74, 6) is -1.45. The molecule has 0 spiro atoms. The Kier molecular flexibility index (Phi) is 2.66. The van der Waals surface area contributed by atoms with Crippen molar-refractivity contribution < 1.29 is 14.7 Å². The Morgan fingerprint density at radius 2 is 2.21 bits per heavy atom. The number of carbonyl (C=O) groups is 2. The summed E-state index contributed by atoms with van der Waals surface area (Å²) in [4.78, 5) is 24.7. The number of pyridine rings is 1. The summed E-state index contributed by atoms with van der Waals surface area (Å²) in [5, 5.41) is 16.5. The Hall–Kier alpha value is -2.44. The van der Waals surface area contributed by atoms with Crippen molar-refractivity contribution in [3.63, 3.8) is 0 Å². The summed E-state index contributed by atoms with van der Waals surface area (Å²) >= 11 is 0. The largest absolute Gasteiger partial charge is 0.481 e. The number of aromatic nitrogens is 3. The van der Waals surface area contributed by atoms with Crippen LogP contribution in [0.1, 0.15) is 16.8 Å². The van der Waals surface area contributed by atoms with E-state index in [1.54, 1.807) is 27.6 Å². The van der Waals surface area contributed by atoms with Crippen molar-refractivity contribution in [3.8, 4) is 0 Å². The second-order valence-electron chi connectivity index (χ2n) is 4.59. The Balaban J connectivity index is 1.82. The molecule has 3 rings (SSSR count). The molecule has 7 heteroatoms. The summed E-state index contributed by atoms with van der Waals surface area (Å²) in [5.41, 5.74) is 1.18. The number of nitrogens with zero attached hydrogens (tertiary/aromatic N) is 4. The van der Waals surface area contributed by atoms with Crippen LogP contribution in [-0.2, 0) is 4.79 Å². The lowest BCUT2D eigenvalue weighted by Gasteiger charge is -2.15. The summed E-state index contributed by atoms with van der Waals surface area (Å²) < 4.78 is 1.66. The highest BCUT2D eigenvalue weighted by Crippen LogP contribution is 2.19. The first kappa shape index (κ1) is 11.6. The standard InChI is InChI=1S/C12H12N4O3/c17-11(15-4-3-9(6-15)12(18)19)8-1-2-10-14-13-7-16(10)5-8/h1-2,5,7,9H,3-4,6H2,(H,18,19). The van der Waals surface area contributed by atoms with Gasteiger partial charge >= 0.3 is 5.97 Å². The van der Waals surface area contributed by atoms with Gasteiger partial charge < -0.3 is 10.0 Å². The zero-order chi connectivity index (χ0) is 13.4. The van der Waals surface area contributed by atoms with Crippen LogP contribution < -0.4 is 0 Å². The monoisotopic (exact) mass is 260 g/mol. The average Bonchev–Trinajstić information content (AvgIpc) is 3.06. The summed E-state index contributed by atoms with van der Waals surface area (Å²) in [7, 11) is 0. The molecule has 0 radical (unpaired) electrons. The molecule has 2 aromatic heterocycles. The van der Waals surface area contributed by atoms with Crippen molar-refractivity contribution in [2.45, 2.75) is 6.42 Å². The van der Waals surface area contributed by atoms with Gasteiger partial charge in [0.15, 0.2) is 5.65 Å². The first-order valence-corrected chi connectivity index (χ1v) is 5.96. The van der Waals surface area contributed by atoms with Crippen molar-refractivity contribution in [1.82, 2.24) is 19.5 Å². The highest BCUT2D eigenvalue weighted by molar-refractivity contribution is 5.94. The zero-order valence-electron chi connectivity index (χ0n) is 10.1. The highest BCUT2D eigenvalue weighted by Gasteiger charge is 2.31. The third kappa shape index (κ3) is 2.03. The van der Waals surface area contributed by atoms with Crippen LogP contribution in [0.15, 0.2) is 24.7 Å². The molecular formula is C12H12N4O3. The Morgan fingerprint density at radius 1 is 1.37 bits per heavy atom. The van der Waals surface area contributed by atoms with Crippen LogP contribution in [0.5, 0.6) is 0 Å². The van der Waals surface area contributed by atoms with Crippen LogP contribution in [0.3, 0.4) is 0 Å². The minimum absolute atomic E-state index is 0.153. The van der Waals surface area contributed by atoms with Gasteiger partial charge in [-0.3, -0.25) is 14.0 Å². The molecular weight excluding hydrogens is 248 g/mol. The fourth-order valence-electron chi connectivity index (χ4n) is 2.28. The third-order valence-corrected chi connectivity index (χ3v) is 3.36. The number of carboxylic acid groups (broad SMARTS) is 1. The van der Waals surface area contributed by atoms with Crippen LogP contribution >= 0.6 is 0 Å². The van der Waals surface area contributed by atoms with Gasteiger partial charge in [0.1, 0.15) is 6.33 Å². The molecule has 0 aliphatic carbocycles. The van der Waals surface area contributed by atoms with Gasteiger partial charge in [0, 0.05) is 19.3 Å². The number of amides is 1. The van der Waals surface area contributed by atoms with Crippen LogP contribution in [0.25, 0.3) is 5.65 Å². The molecule has 0 bridgehead atoms. The zero-order valence-corrected chi connectivity index (χ0v) is 10.1.